The fourth-order valence-electron chi connectivity index (χ4n) is 5.39. The van der Waals surface area contributed by atoms with Crippen LogP contribution in [0.3, 0.4) is 0 Å². The predicted molar refractivity (Wildman–Crippen MR) is 118 cm³/mol. The molecule has 168 valence electrons. The summed E-state index contributed by atoms with van der Waals surface area (Å²) in [5.41, 5.74) is 2.42. The maximum Gasteiger partial charge on any atom is 0.322 e. The van der Waals surface area contributed by atoms with Crippen molar-refractivity contribution < 1.29 is 14.4 Å². The Hall–Kier alpha value is -2.87. The van der Waals surface area contributed by atoms with Gasteiger partial charge in [0, 0.05) is 35.8 Å². The zero-order chi connectivity index (χ0) is 22.3. The summed E-state index contributed by atoms with van der Waals surface area (Å²) < 4.78 is 0. The first kappa shape index (κ1) is 21.0. The number of aromatic amines is 1. The molecule has 9 heteroatoms. The van der Waals surface area contributed by atoms with Crippen molar-refractivity contribution in [2.45, 2.75) is 50.5 Å². The number of urea groups is 1. The number of aryl methyl sites for hydroxylation is 1. The summed E-state index contributed by atoms with van der Waals surface area (Å²) in [6, 6.07) is 6.88. The zero-order valence-electron chi connectivity index (χ0n) is 17.7. The molecule has 32 heavy (non-hydrogen) atoms. The molecule has 3 N–H and O–H groups in total. The Labute approximate surface area is 191 Å². The van der Waals surface area contributed by atoms with E-state index in [1.807, 2.05) is 23.1 Å². The van der Waals surface area contributed by atoms with Crippen LogP contribution < -0.4 is 10.6 Å². The summed E-state index contributed by atoms with van der Waals surface area (Å²) in [7, 11) is 0. The highest BCUT2D eigenvalue weighted by Gasteiger charge is 2.52. The van der Waals surface area contributed by atoms with Crippen LogP contribution in [0.1, 0.15) is 53.0 Å². The Morgan fingerprint density at radius 1 is 1.16 bits per heavy atom. The standard InChI is InChI=1S/C23H26ClN5O3/c24-17-7-3-1-5-14(17)13-23(21(31)25-22(32)26-23)15-9-11-29(12-10-15)20(30)19-16-6-2-4-8-18(16)27-28-19/h1,3,5,7,15H,2,4,6,8-13H2,(H,27,28)(H2,25,26,31,32). The number of likely N-dealkylation sites (tertiary alicyclic amines) is 1. The molecule has 1 aromatic heterocycles. The van der Waals surface area contributed by atoms with Gasteiger partial charge in [-0.25, -0.2) is 4.79 Å². The number of hydrogen-bond acceptors (Lipinski definition) is 4. The first-order chi connectivity index (χ1) is 15.5. The third-order valence-corrected chi connectivity index (χ3v) is 7.50. The van der Waals surface area contributed by atoms with E-state index in [-0.39, 0.29) is 17.7 Å². The number of H-pyrrole nitrogens is 1. The largest absolute Gasteiger partial charge is 0.337 e. The Morgan fingerprint density at radius 3 is 2.62 bits per heavy atom. The SMILES string of the molecule is O=C1NC(=O)C(Cc2ccccc2Cl)(C2CCN(C(=O)c3n[nH]c4c3CCCC4)CC2)N1. The molecular weight excluding hydrogens is 430 g/mol. The van der Waals surface area contributed by atoms with Crippen molar-refractivity contribution in [1.29, 1.82) is 0 Å². The van der Waals surface area contributed by atoms with E-state index in [2.05, 4.69) is 20.8 Å². The molecule has 0 spiro atoms. The van der Waals surface area contributed by atoms with Crippen molar-refractivity contribution in [3.05, 3.63) is 51.8 Å². The maximum absolute atomic E-state index is 13.2. The molecule has 2 saturated heterocycles. The molecule has 3 heterocycles. The van der Waals surface area contributed by atoms with Crippen molar-refractivity contribution in [2.24, 2.45) is 5.92 Å². The molecule has 1 aliphatic carbocycles. The zero-order valence-corrected chi connectivity index (χ0v) is 18.5. The third kappa shape index (κ3) is 3.56. The summed E-state index contributed by atoms with van der Waals surface area (Å²) in [6.07, 6.45) is 5.56. The number of piperidine rings is 1. The number of benzene rings is 1. The van der Waals surface area contributed by atoms with Crippen LogP contribution in [0.4, 0.5) is 4.79 Å². The summed E-state index contributed by atoms with van der Waals surface area (Å²) in [5, 5.41) is 13.2. The molecule has 0 bridgehead atoms. The van der Waals surface area contributed by atoms with E-state index in [0.717, 1.165) is 42.5 Å². The number of fused-ring (bicyclic) bond motifs is 1. The second-order valence-corrected chi connectivity index (χ2v) is 9.36. The second kappa shape index (κ2) is 8.24. The number of hydrogen-bond donors (Lipinski definition) is 3. The first-order valence-corrected chi connectivity index (χ1v) is 11.6. The van der Waals surface area contributed by atoms with Gasteiger partial charge < -0.3 is 10.2 Å². The molecule has 0 saturated carbocycles. The lowest BCUT2D eigenvalue weighted by atomic mass is 9.74. The van der Waals surface area contributed by atoms with Crippen molar-refractivity contribution in [1.82, 2.24) is 25.7 Å². The number of carbonyl (C=O) groups excluding carboxylic acids is 3. The van der Waals surface area contributed by atoms with E-state index >= 15 is 0 Å². The van der Waals surface area contributed by atoms with Crippen molar-refractivity contribution in [3.8, 4) is 0 Å². The first-order valence-electron chi connectivity index (χ1n) is 11.2. The minimum absolute atomic E-state index is 0.0529. The van der Waals surface area contributed by atoms with Crippen LogP contribution in [0, 0.1) is 5.92 Å². The Kier molecular flexibility index (Phi) is 5.41. The number of amides is 4. The van der Waals surface area contributed by atoms with Gasteiger partial charge in [0.15, 0.2) is 5.69 Å². The van der Waals surface area contributed by atoms with E-state index < -0.39 is 11.6 Å². The summed E-state index contributed by atoms with van der Waals surface area (Å²) >= 11 is 6.36. The minimum atomic E-state index is -1.07. The maximum atomic E-state index is 13.2. The number of nitrogens with zero attached hydrogens (tertiary/aromatic N) is 2. The number of halogens is 1. The highest BCUT2D eigenvalue weighted by Crippen LogP contribution is 2.36. The smallest absolute Gasteiger partial charge is 0.322 e. The molecule has 1 atom stereocenters. The lowest BCUT2D eigenvalue weighted by molar-refractivity contribution is -0.126. The third-order valence-electron chi connectivity index (χ3n) is 7.13. The number of carbonyl (C=O) groups is 3. The van der Waals surface area contributed by atoms with Crippen molar-refractivity contribution in [3.63, 3.8) is 0 Å². The Balaban J connectivity index is 1.34. The van der Waals surface area contributed by atoms with Crippen LogP contribution in [0.25, 0.3) is 0 Å². The van der Waals surface area contributed by atoms with Gasteiger partial charge in [0.1, 0.15) is 5.54 Å². The van der Waals surface area contributed by atoms with E-state index in [9.17, 15) is 14.4 Å². The fourth-order valence-corrected chi connectivity index (χ4v) is 5.59. The topological polar surface area (TPSA) is 107 Å². The number of imide groups is 1. The van der Waals surface area contributed by atoms with Crippen LogP contribution in [-0.2, 0) is 24.1 Å². The average molecular weight is 456 g/mol. The van der Waals surface area contributed by atoms with Crippen LogP contribution >= 0.6 is 11.6 Å². The van der Waals surface area contributed by atoms with Gasteiger partial charge in [0.2, 0.25) is 0 Å². The average Bonchev–Trinajstić information content (AvgIpc) is 3.36. The minimum Gasteiger partial charge on any atom is -0.337 e. The Bertz CT molecular complexity index is 1080. The highest BCUT2D eigenvalue weighted by molar-refractivity contribution is 6.31. The van der Waals surface area contributed by atoms with Gasteiger partial charge in [-0.3, -0.25) is 20.0 Å². The van der Waals surface area contributed by atoms with Crippen molar-refractivity contribution >= 4 is 29.4 Å². The fraction of sp³-hybridized carbons (Fsp3) is 0.478. The van der Waals surface area contributed by atoms with Gasteiger partial charge in [0.05, 0.1) is 0 Å². The number of nitrogens with one attached hydrogen (secondary N) is 3. The van der Waals surface area contributed by atoms with E-state index in [1.165, 1.54) is 0 Å². The van der Waals surface area contributed by atoms with Gasteiger partial charge in [-0.2, -0.15) is 5.10 Å². The van der Waals surface area contributed by atoms with Crippen molar-refractivity contribution in [2.75, 3.05) is 13.1 Å². The molecule has 2 aromatic rings. The van der Waals surface area contributed by atoms with Crippen LogP contribution in [0.15, 0.2) is 24.3 Å². The molecule has 1 aromatic carbocycles. The molecular formula is C23H26ClN5O3. The molecule has 4 amide bonds. The summed E-state index contributed by atoms with van der Waals surface area (Å²) in [4.78, 5) is 40.0. The van der Waals surface area contributed by atoms with Crippen LogP contribution in [0.2, 0.25) is 5.02 Å². The highest BCUT2D eigenvalue weighted by atomic mass is 35.5. The molecule has 3 aliphatic rings. The van der Waals surface area contributed by atoms with Gasteiger partial charge in [-0.05, 0) is 56.1 Å². The van der Waals surface area contributed by atoms with E-state index in [1.54, 1.807) is 6.07 Å². The molecule has 2 fully saturated rings. The molecule has 2 aliphatic heterocycles. The van der Waals surface area contributed by atoms with Crippen LogP contribution in [-0.4, -0.2) is 51.6 Å². The quantitative estimate of drug-likeness (QED) is 0.616. The predicted octanol–water partition coefficient (Wildman–Crippen LogP) is 2.62. The monoisotopic (exact) mass is 455 g/mol. The molecule has 1 unspecified atom stereocenters. The van der Waals surface area contributed by atoms with Gasteiger partial charge in [-0.15, -0.1) is 0 Å². The van der Waals surface area contributed by atoms with E-state index in [4.69, 9.17) is 11.6 Å². The normalized spacial score (nSPS) is 23.6. The van der Waals surface area contributed by atoms with Gasteiger partial charge in [-0.1, -0.05) is 29.8 Å². The number of aromatic nitrogens is 2. The van der Waals surface area contributed by atoms with Crippen LogP contribution in [0.5, 0.6) is 0 Å². The Morgan fingerprint density at radius 2 is 1.91 bits per heavy atom. The van der Waals surface area contributed by atoms with E-state index in [0.29, 0.717) is 43.1 Å². The molecule has 8 nitrogen and oxygen atoms in total. The molecule has 5 rings (SSSR count). The number of rotatable bonds is 4. The lowest BCUT2D eigenvalue weighted by Gasteiger charge is -2.40. The van der Waals surface area contributed by atoms with Gasteiger partial charge >= 0.3 is 6.03 Å². The summed E-state index contributed by atoms with van der Waals surface area (Å²) in [5.74, 6) is -0.487. The molecule has 0 radical (unpaired) electrons. The summed E-state index contributed by atoms with van der Waals surface area (Å²) in [6.45, 7) is 1.02. The van der Waals surface area contributed by atoms with Gasteiger partial charge in [0.25, 0.3) is 11.8 Å². The second-order valence-electron chi connectivity index (χ2n) is 8.95. The lowest BCUT2D eigenvalue weighted by Crippen LogP contribution is -2.58.